The summed E-state index contributed by atoms with van der Waals surface area (Å²) in [6.07, 6.45) is 0. The fourth-order valence-corrected chi connectivity index (χ4v) is 4.15. The molecule has 5 N–H and O–H groups in total. The Labute approximate surface area is 252 Å². The number of benzene rings is 3. The highest BCUT2D eigenvalue weighted by molar-refractivity contribution is 7.88. The number of hydrogen-bond donors (Lipinski definition) is 4. The molecule has 44 heavy (non-hydrogen) atoms. The first-order valence-electron chi connectivity index (χ1n) is 12.5. The Balaban J connectivity index is 0.00000675. The van der Waals surface area contributed by atoms with Crippen molar-refractivity contribution < 1.29 is 44.9 Å². The number of anilines is 1. The van der Waals surface area contributed by atoms with Crippen LogP contribution in [-0.2, 0) is 14.9 Å². The van der Waals surface area contributed by atoms with Gasteiger partial charge in [0.05, 0.1) is 18.2 Å². The van der Waals surface area contributed by atoms with Gasteiger partial charge in [-0.2, -0.15) is 21.6 Å². The van der Waals surface area contributed by atoms with Gasteiger partial charge in [0.15, 0.2) is 0 Å². The number of carbonyl (C=O) groups excluding carboxylic acids is 3. The van der Waals surface area contributed by atoms with Crippen LogP contribution in [0.3, 0.4) is 0 Å². The van der Waals surface area contributed by atoms with Crippen molar-refractivity contribution in [1.82, 2.24) is 5.32 Å². The maximum atomic E-state index is 13.4. The molecule has 0 aliphatic heterocycles. The summed E-state index contributed by atoms with van der Waals surface area (Å²) in [5.41, 5.74) is -0.170. The van der Waals surface area contributed by atoms with E-state index in [1.807, 2.05) is 13.8 Å². The third kappa shape index (κ3) is 8.34. The predicted molar refractivity (Wildman–Crippen MR) is 158 cm³/mol. The van der Waals surface area contributed by atoms with E-state index in [1.165, 1.54) is 42.5 Å². The van der Waals surface area contributed by atoms with Crippen LogP contribution in [0.25, 0.3) is 11.1 Å². The maximum absolute atomic E-state index is 13.4. The van der Waals surface area contributed by atoms with E-state index in [0.717, 1.165) is 25.3 Å². The highest BCUT2D eigenvalue weighted by Crippen LogP contribution is 2.34. The van der Waals surface area contributed by atoms with Gasteiger partial charge in [-0.05, 0) is 71.6 Å². The number of rotatable bonds is 10. The fraction of sp³-hybridized carbons (Fsp3) is 0.241. The molecule has 0 aliphatic carbocycles. The molecule has 0 atom stereocenters. The molecule has 15 heteroatoms. The third-order valence-electron chi connectivity index (χ3n) is 5.83. The number of alkyl halides is 3. The average Bonchev–Trinajstić information content (AvgIpc) is 2.94. The van der Waals surface area contributed by atoms with Crippen LogP contribution in [0.15, 0.2) is 60.7 Å². The molecule has 0 spiro atoms. The second-order valence-corrected chi connectivity index (χ2v) is 11.0. The van der Waals surface area contributed by atoms with Crippen molar-refractivity contribution in [3.05, 3.63) is 82.9 Å². The van der Waals surface area contributed by atoms with Crippen LogP contribution >= 0.6 is 0 Å². The van der Waals surface area contributed by atoms with Crippen LogP contribution < -0.4 is 20.6 Å². The van der Waals surface area contributed by atoms with E-state index in [0.29, 0.717) is 12.1 Å². The smallest absolute Gasteiger partial charge is 0.465 e. The Bertz CT molecular complexity index is 1670. The van der Waals surface area contributed by atoms with Crippen molar-refractivity contribution in [2.24, 2.45) is 11.7 Å². The maximum Gasteiger partial charge on any atom is 0.534 e. The Morgan fingerprint density at radius 3 is 2.02 bits per heavy atom. The molecular formula is C29H31F3N4O7S. The van der Waals surface area contributed by atoms with Crippen molar-refractivity contribution in [1.29, 1.82) is 5.41 Å². The molecule has 0 unspecified atom stereocenters. The second-order valence-electron chi connectivity index (χ2n) is 9.49. The number of hydrogen-bond acceptors (Lipinski definition) is 8. The van der Waals surface area contributed by atoms with Crippen LogP contribution in [0, 0.1) is 11.3 Å². The molecule has 3 rings (SSSR count). The molecule has 3 aromatic carbocycles. The minimum atomic E-state index is -6.08. The SMILES string of the molecule is C.COC(=O)c1cc(C(=O)NCC(C)C)ccc1-c1ccc(OS(=O)(=O)C(F)(F)F)cc1C(=O)Nc1ccc(C(=N)N)cc1. The highest BCUT2D eigenvalue weighted by atomic mass is 32.2. The molecule has 11 nitrogen and oxygen atoms in total. The van der Waals surface area contributed by atoms with E-state index in [4.69, 9.17) is 15.9 Å². The van der Waals surface area contributed by atoms with Gasteiger partial charge in [-0.25, -0.2) is 4.79 Å². The van der Waals surface area contributed by atoms with Gasteiger partial charge in [0.1, 0.15) is 11.6 Å². The molecule has 0 saturated carbocycles. The number of halogens is 3. The lowest BCUT2D eigenvalue weighted by Gasteiger charge is -2.16. The molecule has 0 bridgehead atoms. The monoisotopic (exact) mass is 636 g/mol. The zero-order valence-corrected chi connectivity index (χ0v) is 23.9. The average molecular weight is 637 g/mol. The van der Waals surface area contributed by atoms with Gasteiger partial charge < -0.3 is 25.3 Å². The van der Waals surface area contributed by atoms with Gasteiger partial charge in [0, 0.05) is 23.4 Å². The highest BCUT2D eigenvalue weighted by Gasteiger charge is 2.48. The van der Waals surface area contributed by atoms with E-state index in [9.17, 15) is 36.0 Å². The first kappa shape index (κ1) is 35.3. The van der Waals surface area contributed by atoms with E-state index in [-0.39, 0.29) is 52.7 Å². The van der Waals surface area contributed by atoms with Crippen molar-refractivity contribution in [3.8, 4) is 16.9 Å². The molecule has 236 valence electrons. The van der Waals surface area contributed by atoms with Crippen LogP contribution in [0.5, 0.6) is 5.75 Å². The lowest BCUT2D eigenvalue weighted by Crippen LogP contribution is -2.28. The number of carbonyl (C=O) groups is 3. The van der Waals surface area contributed by atoms with Gasteiger partial charge in [-0.1, -0.05) is 27.3 Å². The summed E-state index contributed by atoms with van der Waals surface area (Å²) < 4.78 is 71.3. The first-order valence-corrected chi connectivity index (χ1v) is 13.9. The van der Waals surface area contributed by atoms with E-state index in [2.05, 4.69) is 14.8 Å². The number of nitrogens with two attached hydrogens (primary N) is 1. The molecule has 3 aromatic rings. The van der Waals surface area contributed by atoms with E-state index >= 15 is 0 Å². The van der Waals surface area contributed by atoms with Gasteiger partial charge in [0.25, 0.3) is 11.8 Å². The number of methoxy groups -OCH3 is 1. The fourth-order valence-electron chi connectivity index (χ4n) is 3.70. The summed E-state index contributed by atoms with van der Waals surface area (Å²) in [4.78, 5) is 38.8. The molecule has 0 aromatic heterocycles. The van der Waals surface area contributed by atoms with Gasteiger partial charge in [-0.3, -0.25) is 15.0 Å². The minimum Gasteiger partial charge on any atom is -0.465 e. The van der Waals surface area contributed by atoms with Gasteiger partial charge >= 0.3 is 21.6 Å². The summed E-state index contributed by atoms with van der Waals surface area (Å²) in [5, 5.41) is 12.7. The molecule has 2 amide bonds. The molecule has 0 saturated heterocycles. The lowest BCUT2D eigenvalue weighted by atomic mass is 9.93. The number of esters is 1. The predicted octanol–water partition coefficient (Wildman–Crippen LogP) is 4.93. The van der Waals surface area contributed by atoms with Crippen LogP contribution in [0.1, 0.15) is 57.9 Å². The minimum absolute atomic E-state index is 0. The van der Waals surface area contributed by atoms with Crippen LogP contribution in [0.4, 0.5) is 18.9 Å². The van der Waals surface area contributed by atoms with Crippen LogP contribution in [0.2, 0.25) is 0 Å². The summed E-state index contributed by atoms with van der Waals surface area (Å²) in [6, 6.07) is 12.4. The number of nitrogens with one attached hydrogen (secondary N) is 3. The summed E-state index contributed by atoms with van der Waals surface area (Å²) in [6.45, 7) is 4.13. The standard InChI is InChI=1S/C28H27F3N4O7S.CH4/c1-15(2)14-34-25(36)17-6-10-21(23(12-17)27(38)41-3)20-11-9-19(42-43(39,40)28(29,30)31)13-22(20)26(37)35-18-7-4-16(5-8-18)24(32)33;/h4-13,15H,14H2,1-3H3,(H3,32,33)(H,34,36)(H,35,37);1H4. The second kappa shape index (κ2) is 14.0. The van der Waals surface area contributed by atoms with Gasteiger partial charge in [-0.15, -0.1) is 0 Å². The largest absolute Gasteiger partial charge is 0.534 e. The zero-order chi connectivity index (χ0) is 32.1. The van der Waals surface area contributed by atoms with Crippen molar-refractivity contribution >= 4 is 39.4 Å². The topological polar surface area (TPSA) is 178 Å². The summed E-state index contributed by atoms with van der Waals surface area (Å²) in [5.74, 6) is -3.21. The van der Waals surface area contributed by atoms with Crippen molar-refractivity contribution in [3.63, 3.8) is 0 Å². The normalized spacial score (nSPS) is 11.2. The van der Waals surface area contributed by atoms with Crippen molar-refractivity contribution in [2.75, 3.05) is 19.0 Å². The number of amidine groups is 1. The molecule has 0 radical (unpaired) electrons. The Morgan fingerprint density at radius 1 is 0.909 bits per heavy atom. The number of amides is 2. The summed E-state index contributed by atoms with van der Waals surface area (Å²) >= 11 is 0. The zero-order valence-electron chi connectivity index (χ0n) is 23.0. The molecule has 0 heterocycles. The van der Waals surface area contributed by atoms with E-state index < -0.39 is 39.2 Å². The Kier molecular flexibility index (Phi) is 11.3. The third-order valence-corrected chi connectivity index (χ3v) is 6.81. The number of nitrogen functional groups attached to an aromatic ring is 1. The number of ether oxygens (including phenoxy) is 1. The molecule has 0 fully saturated rings. The van der Waals surface area contributed by atoms with Crippen molar-refractivity contribution in [2.45, 2.75) is 26.8 Å². The first-order chi connectivity index (χ1) is 20.0. The van der Waals surface area contributed by atoms with E-state index in [1.54, 1.807) is 0 Å². The molecular weight excluding hydrogens is 605 g/mol. The van der Waals surface area contributed by atoms with Crippen LogP contribution in [-0.4, -0.2) is 51.2 Å². The van der Waals surface area contributed by atoms with Gasteiger partial charge in [0.2, 0.25) is 0 Å². The Hall–Kier alpha value is -4.92. The molecule has 0 aliphatic rings. The summed E-state index contributed by atoms with van der Waals surface area (Å²) in [7, 11) is -4.99. The quantitative estimate of drug-likeness (QED) is 0.0796. The lowest BCUT2D eigenvalue weighted by molar-refractivity contribution is -0.0500. The Morgan fingerprint density at radius 2 is 1.48 bits per heavy atom.